The maximum atomic E-state index is 12.0. The number of carbonyl (C=O) groups is 2. The van der Waals surface area contributed by atoms with Crippen LogP contribution in [0.2, 0.25) is 0 Å². The molecule has 0 aliphatic heterocycles. The predicted octanol–water partition coefficient (Wildman–Crippen LogP) is 2.26. The van der Waals surface area contributed by atoms with Gasteiger partial charge >= 0.3 is 12.0 Å². The molecule has 2 aliphatic rings. The van der Waals surface area contributed by atoms with Crippen LogP contribution in [0.25, 0.3) is 0 Å². The fourth-order valence-electron chi connectivity index (χ4n) is 3.10. The highest BCUT2D eigenvalue weighted by atomic mass is 16.4. The summed E-state index contributed by atoms with van der Waals surface area (Å²) in [6.07, 6.45) is 7.12. The molecule has 0 saturated heterocycles. The van der Waals surface area contributed by atoms with Crippen molar-refractivity contribution >= 4 is 12.0 Å². The molecule has 5 heteroatoms. The summed E-state index contributed by atoms with van der Waals surface area (Å²) in [5.41, 5.74) is -0.533. The van der Waals surface area contributed by atoms with Gasteiger partial charge in [0, 0.05) is 6.04 Å². The van der Waals surface area contributed by atoms with Crippen LogP contribution in [0.5, 0.6) is 0 Å². The fourth-order valence-corrected chi connectivity index (χ4v) is 3.10. The topological polar surface area (TPSA) is 78.4 Å². The SMILES string of the molecule is CC(CC1CC1)NC(=O)NC1(CC(=O)O)CCCC1. The first-order chi connectivity index (χ1) is 8.99. The van der Waals surface area contributed by atoms with Crippen LogP contribution < -0.4 is 10.6 Å². The lowest BCUT2D eigenvalue weighted by molar-refractivity contribution is -0.138. The van der Waals surface area contributed by atoms with Crippen molar-refractivity contribution in [3.8, 4) is 0 Å². The molecule has 2 amide bonds. The highest BCUT2D eigenvalue weighted by Gasteiger charge is 2.37. The molecule has 2 fully saturated rings. The zero-order valence-corrected chi connectivity index (χ0v) is 11.6. The van der Waals surface area contributed by atoms with E-state index < -0.39 is 11.5 Å². The van der Waals surface area contributed by atoms with Gasteiger partial charge in [-0.2, -0.15) is 0 Å². The highest BCUT2D eigenvalue weighted by Crippen LogP contribution is 2.34. The van der Waals surface area contributed by atoms with Gasteiger partial charge in [0.15, 0.2) is 0 Å². The van der Waals surface area contributed by atoms with Crippen LogP contribution in [0.15, 0.2) is 0 Å². The summed E-state index contributed by atoms with van der Waals surface area (Å²) in [5, 5.41) is 14.8. The van der Waals surface area contributed by atoms with Gasteiger partial charge in [0.1, 0.15) is 0 Å². The van der Waals surface area contributed by atoms with Gasteiger partial charge in [-0.1, -0.05) is 25.7 Å². The number of carboxylic acid groups (broad SMARTS) is 1. The molecule has 0 aromatic rings. The van der Waals surface area contributed by atoms with E-state index in [-0.39, 0.29) is 18.5 Å². The van der Waals surface area contributed by atoms with Gasteiger partial charge in [0.25, 0.3) is 0 Å². The first-order valence-electron chi connectivity index (χ1n) is 7.30. The van der Waals surface area contributed by atoms with Gasteiger partial charge in [-0.15, -0.1) is 0 Å². The van der Waals surface area contributed by atoms with Crippen LogP contribution in [0, 0.1) is 5.92 Å². The molecule has 19 heavy (non-hydrogen) atoms. The van der Waals surface area contributed by atoms with Crippen molar-refractivity contribution in [1.29, 1.82) is 0 Å². The molecule has 0 aromatic heterocycles. The largest absolute Gasteiger partial charge is 0.481 e. The summed E-state index contributed by atoms with van der Waals surface area (Å²) in [7, 11) is 0. The average Bonchev–Trinajstić information content (AvgIpc) is 2.97. The normalized spacial score (nSPS) is 22.8. The zero-order chi connectivity index (χ0) is 13.9. The van der Waals surface area contributed by atoms with E-state index in [0.717, 1.165) is 38.0 Å². The average molecular weight is 268 g/mol. The minimum Gasteiger partial charge on any atom is -0.481 e. The van der Waals surface area contributed by atoms with E-state index >= 15 is 0 Å². The minimum atomic E-state index is -0.840. The Bertz CT molecular complexity index is 347. The Morgan fingerprint density at radius 3 is 2.47 bits per heavy atom. The van der Waals surface area contributed by atoms with Crippen molar-refractivity contribution in [2.45, 2.75) is 69.9 Å². The van der Waals surface area contributed by atoms with Crippen LogP contribution in [0.3, 0.4) is 0 Å². The van der Waals surface area contributed by atoms with Crippen LogP contribution in [0.1, 0.15) is 58.3 Å². The van der Waals surface area contributed by atoms with Crippen LogP contribution >= 0.6 is 0 Å². The number of urea groups is 1. The smallest absolute Gasteiger partial charge is 0.315 e. The Balaban J connectivity index is 1.82. The van der Waals surface area contributed by atoms with Gasteiger partial charge in [0.05, 0.1) is 12.0 Å². The summed E-state index contributed by atoms with van der Waals surface area (Å²) in [6.45, 7) is 2.01. The van der Waals surface area contributed by atoms with E-state index in [9.17, 15) is 9.59 Å². The van der Waals surface area contributed by atoms with E-state index in [0.29, 0.717) is 0 Å². The van der Waals surface area contributed by atoms with Gasteiger partial charge in [0.2, 0.25) is 0 Å². The molecule has 1 unspecified atom stereocenters. The third kappa shape index (κ3) is 4.40. The number of hydrogen-bond donors (Lipinski definition) is 3. The molecule has 3 N–H and O–H groups in total. The lowest BCUT2D eigenvalue weighted by atomic mass is 9.93. The quantitative estimate of drug-likeness (QED) is 0.691. The molecule has 0 bridgehead atoms. The molecule has 0 aromatic carbocycles. The monoisotopic (exact) mass is 268 g/mol. The Labute approximate surface area is 114 Å². The van der Waals surface area contributed by atoms with Crippen molar-refractivity contribution < 1.29 is 14.7 Å². The molecular weight excluding hydrogens is 244 g/mol. The maximum absolute atomic E-state index is 12.0. The van der Waals surface area contributed by atoms with E-state index in [4.69, 9.17) is 5.11 Å². The van der Waals surface area contributed by atoms with Crippen LogP contribution in [-0.2, 0) is 4.79 Å². The second-order valence-corrected chi connectivity index (χ2v) is 6.24. The molecule has 108 valence electrons. The Morgan fingerprint density at radius 2 is 1.95 bits per heavy atom. The van der Waals surface area contributed by atoms with E-state index in [1.807, 2.05) is 6.92 Å². The lowest BCUT2D eigenvalue weighted by Gasteiger charge is -2.29. The summed E-state index contributed by atoms with van der Waals surface area (Å²) in [6, 6.07) is -0.0490. The number of hydrogen-bond acceptors (Lipinski definition) is 2. The molecule has 1 atom stereocenters. The Morgan fingerprint density at radius 1 is 1.32 bits per heavy atom. The Kier molecular flexibility index (Phi) is 4.32. The third-order valence-electron chi connectivity index (χ3n) is 4.19. The molecular formula is C14H24N2O3. The second-order valence-electron chi connectivity index (χ2n) is 6.24. The van der Waals surface area contributed by atoms with Crippen molar-refractivity contribution in [2.75, 3.05) is 0 Å². The molecule has 0 radical (unpaired) electrons. The van der Waals surface area contributed by atoms with Crippen molar-refractivity contribution in [3.05, 3.63) is 0 Å². The van der Waals surface area contributed by atoms with Gasteiger partial charge in [-0.3, -0.25) is 4.79 Å². The molecule has 2 aliphatic carbocycles. The highest BCUT2D eigenvalue weighted by molar-refractivity contribution is 5.77. The van der Waals surface area contributed by atoms with Crippen LogP contribution in [0.4, 0.5) is 4.79 Å². The summed E-state index contributed by atoms with van der Waals surface area (Å²) < 4.78 is 0. The minimum absolute atomic E-state index is 0.0252. The summed E-state index contributed by atoms with van der Waals surface area (Å²) in [4.78, 5) is 22.9. The standard InChI is InChI=1S/C14H24N2O3/c1-10(8-11-4-5-11)15-13(19)16-14(9-12(17)18)6-2-3-7-14/h10-11H,2-9H2,1H3,(H,17,18)(H2,15,16,19). The summed E-state index contributed by atoms with van der Waals surface area (Å²) >= 11 is 0. The molecule has 2 saturated carbocycles. The zero-order valence-electron chi connectivity index (χ0n) is 11.6. The molecule has 0 heterocycles. The number of nitrogens with one attached hydrogen (secondary N) is 2. The van der Waals surface area contributed by atoms with Gasteiger partial charge < -0.3 is 15.7 Å². The fraction of sp³-hybridized carbons (Fsp3) is 0.857. The molecule has 5 nitrogen and oxygen atoms in total. The van der Waals surface area contributed by atoms with E-state index in [2.05, 4.69) is 10.6 Å². The van der Waals surface area contributed by atoms with E-state index in [1.54, 1.807) is 0 Å². The number of carbonyl (C=O) groups excluding carboxylic acids is 1. The number of carboxylic acids is 1. The van der Waals surface area contributed by atoms with Gasteiger partial charge in [-0.05, 0) is 32.1 Å². The van der Waals surface area contributed by atoms with Crippen molar-refractivity contribution in [1.82, 2.24) is 10.6 Å². The predicted molar refractivity (Wildman–Crippen MR) is 71.9 cm³/mol. The Hall–Kier alpha value is -1.26. The lowest BCUT2D eigenvalue weighted by Crippen LogP contribution is -2.53. The van der Waals surface area contributed by atoms with Crippen molar-refractivity contribution in [2.24, 2.45) is 5.92 Å². The third-order valence-corrected chi connectivity index (χ3v) is 4.19. The number of amides is 2. The molecule has 2 rings (SSSR count). The first-order valence-corrected chi connectivity index (χ1v) is 7.30. The number of rotatable bonds is 6. The molecule has 0 spiro atoms. The van der Waals surface area contributed by atoms with Crippen molar-refractivity contribution in [3.63, 3.8) is 0 Å². The first kappa shape index (κ1) is 14.2. The second kappa shape index (κ2) is 5.80. The van der Waals surface area contributed by atoms with Crippen LogP contribution in [-0.4, -0.2) is 28.7 Å². The van der Waals surface area contributed by atoms with Gasteiger partial charge in [-0.25, -0.2) is 4.79 Å². The summed E-state index contributed by atoms with van der Waals surface area (Å²) in [5.74, 6) is -0.0667. The van der Waals surface area contributed by atoms with E-state index in [1.165, 1.54) is 12.8 Å². The maximum Gasteiger partial charge on any atom is 0.315 e. The number of aliphatic carboxylic acids is 1.